The molecule has 0 aliphatic carbocycles. The topological polar surface area (TPSA) is 113 Å². The zero-order chi connectivity index (χ0) is 28.2. The van der Waals surface area contributed by atoms with E-state index in [0.717, 1.165) is 11.1 Å². The molecular weight excluding hydrogens is 674 g/mol. The molecule has 11 heteroatoms. The summed E-state index contributed by atoms with van der Waals surface area (Å²) in [5.74, 6) is -1.74. The largest absolute Gasteiger partial charge is 0.481 e. The number of nitrogens with one attached hydrogen (secondary N) is 2. The van der Waals surface area contributed by atoms with Crippen molar-refractivity contribution in [2.45, 2.75) is 17.4 Å². The summed E-state index contributed by atoms with van der Waals surface area (Å²) in [6, 6.07) is 24.5. The number of halogens is 3. The lowest BCUT2D eigenvalue weighted by Gasteiger charge is -2.20. The highest BCUT2D eigenvalue weighted by atomic mass is 127. The number of carbonyl (C=O) groups excluding carboxylic acids is 1. The third-order valence-corrected chi connectivity index (χ3v) is 8.55. The van der Waals surface area contributed by atoms with Crippen LogP contribution in [-0.4, -0.2) is 25.4 Å². The van der Waals surface area contributed by atoms with E-state index in [9.17, 15) is 23.1 Å². The number of sulfonamides is 1. The lowest BCUT2D eigenvalue weighted by Crippen LogP contribution is -2.31. The Morgan fingerprint density at radius 1 is 0.846 bits per heavy atom. The molecule has 1 amide bonds. The third-order valence-electron chi connectivity index (χ3n) is 5.78. The molecule has 0 aromatic heterocycles. The van der Waals surface area contributed by atoms with E-state index in [4.69, 9.17) is 23.2 Å². The molecule has 0 bridgehead atoms. The van der Waals surface area contributed by atoms with Crippen molar-refractivity contribution >= 4 is 73.4 Å². The smallest absolute Gasteiger partial charge is 0.305 e. The van der Waals surface area contributed by atoms with E-state index >= 15 is 0 Å². The Balaban J connectivity index is 1.62. The lowest BCUT2D eigenvalue weighted by atomic mass is 9.98. The van der Waals surface area contributed by atoms with Crippen molar-refractivity contribution in [3.05, 3.63) is 116 Å². The number of carboxylic acid groups (broad SMARTS) is 1. The van der Waals surface area contributed by atoms with Crippen molar-refractivity contribution in [2.75, 3.05) is 4.72 Å². The van der Waals surface area contributed by atoms with Crippen LogP contribution < -0.4 is 10.0 Å². The fourth-order valence-corrected chi connectivity index (χ4v) is 5.80. The van der Waals surface area contributed by atoms with Crippen LogP contribution in [0.25, 0.3) is 11.1 Å². The summed E-state index contributed by atoms with van der Waals surface area (Å²) in [6.07, 6.45) is -0.370. The summed E-state index contributed by atoms with van der Waals surface area (Å²) in [5, 5.41) is 12.5. The number of carbonyl (C=O) groups is 2. The van der Waals surface area contributed by atoms with Crippen LogP contribution in [0.3, 0.4) is 0 Å². The minimum absolute atomic E-state index is 0.0208. The third kappa shape index (κ3) is 7.30. The summed E-state index contributed by atoms with van der Waals surface area (Å²) in [6.45, 7) is 0. The number of hydrogen-bond donors (Lipinski definition) is 3. The molecule has 1 atom stereocenters. The van der Waals surface area contributed by atoms with Gasteiger partial charge in [-0.3, -0.25) is 14.3 Å². The molecule has 4 aromatic carbocycles. The van der Waals surface area contributed by atoms with E-state index in [-0.39, 0.29) is 32.6 Å². The van der Waals surface area contributed by atoms with Gasteiger partial charge in [-0.1, -0.05) is 77.8 Å². The normalized spacial score (nSPS) is 12.0. The molecule has 0 spiro atoms. The Morgan fingerprint density at radius 3 is 2.15 bits per heavy atom. The second kappa shape index (κ2) is 12.4. The monoisotopic (exact) mass is 694 g/mol. The van der Waals surface area contributed by atoms with E-state index in [1.165, 1.54) is 30.3 Å². The zero-order valence-electron chi connectivity index (χ0n) is 20.1. The number of carboxylic acids is 1. The summed E-state index contributed by atoms with van der Waals surface area (Å²) in [4.78, 5) is 24.9. The second-order valence-electron chi connectivity index (χ2n) is 8.48. The first-order chi connectivity index (χ1) is 18.5. The maximum atomic E-state index is 13.4. The highest BCUT2D eigenvalue weighted by Crippen LogP contribution is 2.29. The molecule has 0 saturated heterocycles. The van der Waals surface area contributed by atoms with Gasteiger partial charge < -0.3 is 10.4 Å². The molecular formula is C28H21Cl2IN2O5S. The van der Waals surface area contributed by atoms with Gasteiger partial charge in [-0.15, -0.1) is 0 Å². The van der Waals surface area contributed by atoms with Gasteiger partial charge in [0.25, 0.3) is 15.9 Å². The molecule has 4 rings (SSSR count). The van der Waals surface area contributed by atoms with Crippen LogP contribution in [0.1, 0.15) is 28.4 Å². The summed E-state index contributed by atoms with van der Waals surface area (Å²) >= 11 is 13.9. The fraction of sp³-hybridized carbons (Fsp3) is 0.0714. The fourth-order valence-electron chi connectivity index (χ4n) is 3.84. The van der Waals surface area contributed by atoms with Gasteiger partial charge >= 0.3 is 5.97 Å². The van der Waals surface area contributed by atoms with Crippen LogP contribution in [-0.2, 0) is 14.8 Å². The highest BCUT2D eigenvalue weighted by Gasteiger charge is 2.24. The van der Waals surface area contributed by atoms with Gasteiger partial charge in [0, 0.05) is 3.57 Å². The maximum Gasteiger partial charge on any atom is 0.305 e. The Kier molecular flexibility index (Phi) is 9.16. The highest BCUT2D eigenvalue weighted by molar-refractivity contribution is 14.1. The summed E-state index contributed by atoms with van der Waals surface area (Å²) in [5.41, 5.74) is 2.58. The van der Waals surface area contributed by atoms with Crippen LogP contribution in [0, 0.1) is 3.57 Å². The quantitative estimate of drug-likeness (QED) is 0.163. The van der Waals surface area contributed by atoms with E-state index in [2.05, 4.69) is 10.0 Å². The van der Waals surface area contributed by atoms with Crippen molar-refractivity contribution in [1.29, 1.82) is 0 Å². The van der Waals surface area contributed by atoms with Crippen molar-refractivity contribution in [2.24, 2.45) is 0 Å². The Morgan fingerprint density at radius 2 is 1.51 bits per heavy atom. The van der Waals surface area contributed by atoms with E-state index in [1.54, 1.807) is 18.2 Å². The molecule has 39 heavy (non-hydrogen) atoms. The van der Waals surface area contributed by atoms with Gasteiger partial charge in [0.1, 0.15) is 0 Å². The molecule has 3 N–H and O–H groups in total. The number of rotatable bonds is 9. The van der Waals surface area contributed by atoms with Crippen LogP contribution in [0.4, 0.5) is 5.69 Å². The standard InChI is InChI=1S/C28H21Cl2IN2O5S/c29-23-12-11-21(15-24(23)30)39(37,38)33-25-13-10-20(31)14-22(25)28(36)32-26(16-27(34)35)19-8-6-18(7-9-19)17-4-2-1-3-5-17/h1-15,26,33H,16H2,(H,32,36)(H,34,35). The average molecular weight is 695 g/mol. The molecule has 1 unspecified atom stereocenters. The molecule has 0 radical (unpaired) electrons. The predicted molar refractivity (Wildman–Crippen MR) is 161 cm³/mol. The van der Waals surface area contributed by atoms with Crippen molar-refractivity contribution < 1.29 is 23.1 Å². The number of hydrogen-bond acceptors (Lipinski definition) is 4. The number of benzene rings is 4. The van der Waals surface area contributed by atoms with E-state index < -0.39 is 27.9 Å². The van der Waals surface area contributed by atoms with Gasteiger partial charge in [-0.05, 0) is 75.7 Å². The minimum atomic E-state index is -4.12. The van der Waals surface area contributed by atoms with Gasteiger partial charge in [-0.2, -0.15) is 0 Å². The molecule has 0 heterocycles. The average Bonchev–Trinajstić information content (AvgIpc) is 2.91. The first kappa shape index (κ1) is 28.9. The Bertz CT molecular complexity index is 1630. The maximum absolute atomic E-state index is 13.4. The van der Waals surface area contributed by atoms with Gasteiger partial charge in [0.05, 0.1) is 38.7 Å². The van der Waals surface area contributed by atoms with Crippen LogP contribution in [0.5, 0.6) is 0 Å². The van der Waals surface area contributed by atoms with E-state index in [0.29, 0.717) is 9.13 Å². The molecule has 4 aromatic rings. The number of amides is 1. The molecule has 0 fully saturated rings. The molecule has 0 saturated carbocycles. The Hall–Kier alpha value is -3.12. The summed E-state index contributed by atoms with van der Waals surface area (Å²) < 4.78 is 29.2. The molecule has 7 nitrogen and oxygen atoms in total. The van der Waals surface area contributed by atoms with E-state index in [1.807, 2.05) is 65.1 Å². The van der Waals surface area contributed by atoms with Gasteiger partial charge in [-0.25, -0.2) is 8.42 Å². The zero-order valence-corrected chi connectivity index (χ0v) is 24.6. The van der Waals surface area contributed by atoms with Crippen LogP contribution in [0.15, 0.2) is 95.9 Å². The Labute approximate surface area is 249 Å². The first-order valence-corrected chi connectivity index (χ1v) is 14.8. The number of anilines is 1. The molecule has 0 aliphatic rings. The van der Waals surface area contributed by atoms with Crippen molar-refractivity contribution in [1.82, 2.24) is 5.32 Å². The van der Waals surface area contributed by atoms with Crippen LogP contribution in [0.2, 0.25) is 10.0 Å². The minimum Gasteiger partial charge on any atom is -0.481 e. The first-order valence-electron chi connectivity index (χ1n) is 11.5. The predicted octanol–water partition coefficient (Wildman–Crippen LogP) is 7.01. The summed E-state index contributed by atoms with van der Waals surface area (Å²) in [7, 11) is -4.12. The van der Waals surface area contributed by atoms with Crippen molar-refractivity contribution in [3.63, 3.8) is 0 Å². The van der Waals surface area contributed by atoms with Crippen LogP contribution >= 0.6 is 45.8 Å². The van der Waals surface area contributed by atoms with Gasteiger partial charge in [0.15, 0.2) is 0 Å². The van der Waals surface area contributed by atoms with Gasteiger partial charge in [0.2, 0.25) is 0 Å². The second-order valence-corrected chi connectivity index (χ2v) is 12.2. The SMILES string of the molecule is O=C(O)CC(NC(=O)c1cc(I)ccc1NS(=O)(=O)c1ccc(Cl)c(Cl)c1)c1ccc(-c2ccccc2)cc1. The molecule has 200 valence electrons. The molecule has 0 aliphatic heterocycles. The number of aliphatic carboxylic acids is 1. The lowest BCUT2D eigenvalue weighted by molar-refractivity contribution is -0.137. The van der Waals surface area contributed by atoms with Crippen molar-refractivity contribution in [3.8, 4) is 11.1 Å².